The van der Waals surface area contributed by atoms with Gasteiger partial charge < -0.3 is 19.8 Å². The zero-order valence-corrected chi connectivity index (χ0v) is 18.8. The maximum Gasteiger partial charge on any atom is 0.407 e. The summed E-state index contributed by atoms with van der Waals surface area (Å²) in [7, 11) is 0. The highest BCUT2D eigenvalue weighted by atomic mass is 35.5. The number of alkyl carbamates (subject to hydrolysis) is 1. The van der Waals surface area contributed by atoms with Crippen LogP contribution in [0.4, 0.5) is 10.5 Å². The van der Waals surface area contributed by atoms with Gasteiger partial charge in [-0.1, -0.05) is 35.3 Å². The van der Waals surface area contributed by atoms with E-state index in [-0.39, 0.29) is 0 Å². The molecule has 0 radical (unpaired) electrons. The Hall–Kier alpha value is -2.02. The van der Waals surface area contributed by atoms with Crippen molar-refractivity contribution in [3.63, 3.8) is 0 Å². The fourth-order valence-corrected chi connectivity index (χ4v) is 3.94. The van der Waals surface area contributed by atoms with Gasteiger partial charge in [-0.25, -0.2) is 4.79 Å². The summed E-state index contributed by atoms with van der Waals surface area (Å²) in [6.07, 6.45) is 2.07. The summed E-state index contributed by atoms with van der Waals surface area (Å²) < 4.78 is 8.57. The van der Waals surface area contributed by atoms with Gasteiger partial charge in [-0.3, -0.25) is 0 Å². The highest BCUT2D eigenvalue weighted by Crippen LogP contribution is 2.36. The quantitative estimate of drug-likeness (QED) is 0.366. The first-order valence-corrected chi connectivity index (χ1v) is 10.7. The van der Waals surface area contributed by atoms with Crippen molar-refractivity contribution < 1.29 is 9.53 Å². The number of nitrogens with one attached hydrogen (secondary N) is 3. The summed E-state index contributed by atoms with van der Waals surface area (Å²) in [6, 6.07) is 11.9. The fraction of sp³-hybridized carbons (Fsp3) is 0.286. The van der Waals surface area contributed by atoms with E-state index in [9.17, 15) is 4.79 Å². The van der Waals surface area contributed by atoms with E-state index < -0.39 is 11.7 Å². The molecular weight excluding hydrogens is 429 g/mol. The summed E-state index contributed by atoms with van der Waals surface area (Å²) in [5, 5.41) is 4.80. The van der Waals surface area contributed by atoms with Gasteiger partial charge in [0.25, 0.3) is 0 Å². The first kappa shape index (κ1) is 21.7. The molecule has 0 unspecified atom stereocenters. The average Bonchev–Trinajstić information content (AvgIpc) is 3.04. The van der Waals surface area contributed by atoms with E-state index in [4.69, 9.17) is 27.9 Å². The van der Waals surface area contributed by atoms with Gasteiger partial charge in [0.1, 0.15) is 5.60 Å². The molecule has 1 aromatic heterocycles. The number of halogens is 2. The Labute approximate surface area is 184 Å². The third-order valence-corrected chi connectivity index (χ3v) is 5.46. The minimum absolute atomic E-state index is 0.396. The smallest absolute Gasteiger partial charge is 0.407 e. The third-order valence-electron chi connectivity index (χ3n) is 4.02. The Bertz CT molecular complexity index is 998. The summed E-state index contributed by atoms with van der Waals surface area (Å²) in [5.74, 6) is 0. The number of H-pyrrole nitrogens is 1. The van der Waals surface area contributed by atoms with Crippen LogP contribution >= 0.6 is 35.1 Å². The number of aromatic amines is 1. The minimum Gasteiger partial charge on any atom is -0.444 e. The Kier molecular flexibility index (Phi) is 6.88. The molecule has 3 aromatic rings. The molecular formula is C21H23Cl2N3O2S. The Morgan fingerprint density at radius 1 is 1.10 bits per heavy atom. The van der Waals surface area contributed by atoms with Crippen molar-refractivity contribution in [2.75, 3.05) is 11.3 Å². The fourth-order valence-electron chi connectivity index (χ4n) is 2.71. The van der Waals surface area contributed by atoms with Gasteiger partial charge in [0.2, 0.25) is 0 Å². The number of anilines is 1. The standard InChI is InChI=1S/C21H23Cl2N3O2S/c1-21(2,3)28-20(27)24-11-10-13-4-6-14(7-5-13)29-26-17-9-8-15(22)18-16(23)12-25-19(17)18/h4-9,12,25-26H,10-11H2,1-3H3,(H,24,27). The summed E-state index contributed by atoms with van der Waals surface area (Å²) in [4.78, 5) is 15.9. The van der Waals surface area contributed by atoms with Crippen LogP contribution in [0.15, 0.2) is 47.5 Å². The monoisotopic (exact) mass is 451 g/mol. The van der Waals surface area contributed by atoms with Crippen molar-refractivity contribution in [2.24, 2.45) is 0 Å². The maximum absolute atomic E-state index is 11.7. The predicted molar refractivity (Wildman–Crippen MR) is 122 cm³/mol. The van der Waals surface area contributed by atoms with Crippen LogP contribution in [0.3, 0.4) is 0 Å². The van der Waals surface area contributed by atoms with E-state index in [1.807, 2.05) is 57.2 Å². The molecule has 2 aromatic carbocycles. The van der Waals surface area contributed by atoms with Gasteiger partial charge in [-0.2, -0.15) is 0 Å². The summed E-state index contributed by atoms with van der Waals surface area (Å²) in [6.45, 7) is 6.05. The van der Waals surface area contributed by atoms with Gasteiger partial charge in [-0.15, -0.1) is 0 Å². The van der Waals surface area contributed by atoms with Gasteiger partial charge in [-0.05, 0) is 69.0 Å². The summed E-state index contributed by atoms with van der Waals surface area (Å²) >= 11 is 13.9. The molecule has 3 N–H and O–H groups in total. The molecule has 8 heteroatoms. The van der Waals surface area contributed by atoms with Gasteiger partial charge in [0.15, 0.2) is 0 Å². The van der Waals surface area contributed by atoms with E-state index >= 15 is 0 Å². The topological polar surface area (TPSA) is 66.2 Å². The first-order chi connectivity index (χ1) is 13.7. The Morgan fingerprint density at radius 2 is 1.83 bits per heavy atom. The second kappa shape index (κ2) is 9.20. The first-order valence-electron chi connectivity index (χ1n) is 9.17. The van der Waals surface area contributed by atoms with Crippen molar-refractivity contribution >= 4 is 57.8 Å². The van der Waals surface area contributed by atoms with Crippen LogP contribution in [0.1, 0.15) is 26.3 Å². The molecule has 0 fully saturated rings. The largest absolute Gasteiger partial charge is 0.444 e. The SMILES string of the molecule is CC(C)(C)OC(=O)NCCc1ccc(SNc2ccc(Cl)c3c(Cl)c[nH]c23)cc1. The lowest BCUT2D eigenvalue weighted by Gasteiger charge is -2.19. The number of carbonyl (C=O) groups excluding carboxylic acids is 1. The minimum atomic E-state index is -0.489. The molecule has 0 atom stereocenters. The molecule has 29 heavy (non-hydrogen) atoms. The van der Waals surface area contributed by atoms with Crippen molar-refractivity contribution in [3.05, 3.63) is 58.2 Å². The van der Waals surface area contributed by atoms with Crippen LogP contribution in [-0.4, -0.2) is 23.2 Å². The van der Waals surface area contributed by atoms with Gasteiger partial charge >= 0.3 is 6.09 Å². The molecule has 0 bridgehead atoms. The highest BCUT2D eigenvalue weighted by molar-refractivity contribution is 8.00. The maximum atomic E-state index is 11.7. The lowest BCUT2D eigenvalue weighted by Crippen LogP contribution is -2.33. The van der Waals surface area contributed by atoms with E-state index in [1.165, 1.54) is 11.9 Å². The van der Waals surface area contributed by atoms with Crippen LogP contribution in [0.2, 0.25) is 10.0 Å². The molecule has 0 saturated carbocycles. The molecule has 3 rings (SSSR count). The molecule has 154 valence electrons. The highest BCUT2D eigenvalue weighted by Gasteiger charge is 2.15. The van der Waals surface area contributed by atoms with Crippen molar-refractivity contribution in [3.8, 4) is 0 Å². The van der Waals surface area contributed by atoms with E-state index in [1.54, 1.807) is 6.20 Å². The Balaban J connectivity index is 1.52. The van der Waals surface area contributed by atoms with Crippen LogP contribution in [-0.2, 0) is 11.2 Å². The molecule has 0 aliphatic heterocycles. The van der Waals surface area contributed by atoms with E-state index in [0.29, 0.717) is 16.6 Å². The van der Waals surface area contributed by atoms with Crippen LogP contribution in [0.25, 0.3) is 10.9 Å². The molecule has 0 aliphatic rings. The average molecular weight is 452 g/mol. The molecule has 0 spiro atoms. The lowest BCUT2D eigenvalue weighted by atomic mass is 10.1. The van der Waals surface area contributed by atoms with Crippen molar-refractivity contribution in [1.82, 2.24) is 10.3 Å². The van der Waals surface area contributed by atoms with E-state index in [2.05, 4.69) is 15.0 Å². The predicted octanol–water partition coefficient (Wildman–Crippen LogP) is 6.66. The zero-order valence-electron chi connectivity index (χ0n) is 16.4. The lowest BCUT2D eigenvalue weighted by molar-refractivity contribution is 0.0528. The number of benzene rings is 2. The van der Waals surface area contributed by atoms with Crippen molar-refractivity contribution in [2.45, 2.75) is 37.7 Å². The third kappa shape index (κ3) is 5.98. The van der Waals surface area contributed by atoms with Gasteiger partial charge in [0.05, 0.1) is 21.2 Å². The molecule has 5 nitrogen and oxygen atoms in total. The van der Waals surface area contributed by atoms with Crippen molar-refractivity contribution in [1.29, 1.82) is 0 Å². The van der Waals surface area contributed by atoms with Crippen LogP contribution in [0, 0.1) is 0 Å². The number of hydrogen-bond acceptors (Lipinski definition) is 4. The number of carbonyl (C=O) groups is 1. The molecule has 1 amide bonds. The summed E-state index contributed by atoms with van der Waals surface area (Å²) in [5.41, 5.74) is 2.43. The van der Waals surface area contributed by atoms with E-state index in [0.717, 1.165) is 33.5 Å². The molecule has 0 saturated heterocycles. The number of ether oxygens (including phenoxy) is 1. The molecule has 1 heterocycles. The number of aromatic nitrogens is 1. The number of fused-ring (bicyclic) bond motifs is 1. The van der Waals surface area contributed by atoms with Gasteiger partial charge in [0, 0.05) is 23.0 Å². The normalized spacial score (nSPS) is 11.5. The second-order valence-electron chi connectivity index (χ2n) is 7.51. The van der Waals surface area contributed by atoms with Crippen LogP contribution < -0.4 is 10.0 Å². The Morgan fingerprint density at radius 3 is 2.52 bits per heavy atom. The number of amides is 1. The second-order valence-corrected chi connectivity index (χ2v) is 9.20. The molecule has 0 aliphatic carbocycles. The number of rotatable bonds is 6. The van der Waals surface area contributed by atoms with Crippen LogP contribution in [0.5, 0.6) is 0 Å². The number of hydrogen-bond donors (Lipinski definition) is 3. The zero-order chi connectivity index (χ0) is 21.0.